The van der Waals surface area contributed by atoms with Crippen molar-refractivity contribution in [1.82, 2.24) is 15.2 Å². The zero-order valence-corrected chi connectivity index (χ0v) is 13.7. The Labute approximate surface area is 141 Å². The molecule has 124 valence electrons. The van der Waals surface area contributed by atoms with Crippen LogP contribution in [0.1, 0.15) is 16.1 Å². The van der Waals surface area contributed by atoms with Crippen LogP contribution in [0.4, 0.5) is 10.5 Å². The summed E-state index contributed by atoms with van der Waals surface area (Å²) in [6.45, 7) is 0.398. The number of benzene rings is 1. The normalized spacial score (nSPS) is 10.4. The molecule has 0 bridgehead atoms. The lowest BCUT2D eigenvalue weighted by Gasteiger charge is -2.11. The minimum absolute atomic E-state index is 0.218. The van der Waals surface area contributed by atoms with Gasteiger partial charge in [0, 0.05) is 32.5 Å². The minimum atomic E-state index is -0.345. The third kappa shape index (κ3) is 5.24. The average molecular weight is 324 g/mol. The van der Waals surface area contributed by atoms with Gasteiger partial charge in [-0.05, 0) is 17.7 Å². The molecular formula is C18H20N4O2. The summed E-state index contributed by atoms with van der Waals surface area (Å²) in [4.78, 5) is 29.2. The average Bonchev–Trinajstić information content (AvgIpc) is 2.59. The lowest BCUT2D eigenvalue weighted by Crippen LogP contribution is -2.29. The molecule has 0 spiro atoms. The third-order valence-electron chi connectivity index (χ3n) is 3.13. The van der Waals surface area contributed by atoms with Crippen molar-refractivity contribution in [1.29, 1.82) is 0 Å². The Bertz CT molecular complexity index is 727. The van der Waals surface area contributed by atoms with Gasteiger partial charge in [-0.2, -0.15) is 0 Å². The molecule has 1 aromatic heterocycles. The summed E-state index contributed by atoms with van der Waals surface area (Å²) in [6.07, 6.45) is 5.28. The van der Waals surface area contributed by atoms with E-state index in [2.05, 4.69) is 15.6 Å². The molecule has 6 nitrogen and oxygen atoms in total. The van der Waals surface area contributed by atoms with Crippen molar-refractivity contribution in [3.8, 4) is 0 Å². The summed E-state index contributed by atoms with van der Waals surface area (Å²) in [5, 5.41) is 5.40. The molecule has 0 radical (unpaired) electrons. The van der Waals surface area contributed by atoms with Crippen LogP contribution < -0.4 is 10.6 Å². The lowest BCUT2D eigenvalue weighted by atomic mass is 10.2. The van der Waals surface area contributed by atoms with Gasteiger partial charge in [0.2, 0.25) is 0 Å². The standard InChI is InChI=1S/C18H20N4O2/c1-22(2)17(23)16-13-15(10-12-19-16)21-18(24)20-11-6-9-14-7-4-3-5-8-14/h3-10,12-13H,11H2,1-2H3,(H2,19,20,21,24). The minimum Gasteiger partial charge on any atom is -0.343 e. The summed E-state index contributed by atoms with van der Waals surface area (Å²) in [5.74, 6) is -0.218. The molecule has 0 aliphatic rings. The van der Waals surface area contributed by atoms with Gasteiger partial charge in [-0.15, -0.1) is 0 Å². The first kappa shape index (κ1) is 17.2. The van der Waals surface area contributed by atoms with Gasteiger partial charge in [0.15, 0.2) is 0 Å². The predicted octanol–water partition coefficient (Wildman–Crippen LogP) is 2.62. The van der Waals surface area contributed by atoms with Gasteiger partial charge in [-0.1, -0.05) is 42.5 Å². The van der Waals surface area contributed by atoms with Crippen molar-refractivity contribution >= 4 is 23.7 Å². The van der Waals surface area contributed by atoms with Gasteiger partial charge < -0.3 is 15.5 Å². The van der Waals surface area contributed by atoms with Gasteiger partial charge in [0.25, 0.3) is 5.91 Å². The molecule has 0 saturated carbocycles. The highest BCUT2D eigenvalue weighted by Gasteiger charge is 2.10. The number of carbonyl (C=O) groups is 2. The van der Waals surface area contributed by atoms with Gasteiger partial charge in [0.05, 0.1) is 0 Å². The summed E-state index contributed by atoms with van der Waals surface area (Å²) < 4.78 is 0. The fourth-order valence-corrected chi connectivity index (χ4v) is 1.94. The van der Waals surface area contributed by atoms with Crippen molar-refractivity contribution in [3.63, 3.8) is 0 Å². The fraction of sp³-hybridized carbons (Fsp3) is 0.167. The van der Waals surface area contributed by atoms with Gasteiger partial charge in [0.1, 0.15) is 5.69 Å². The van der Waals surface area contributed by atoms with Gasteiger partial charge in [-0.3, -0.25) is 9.78 Å². The number of hydrogen-bond donors (Lipinski definition) is 2. The van der Waals surface area contributed by atoms with Crippen molar-refractivity contribution in [2.24, 2.45) is 0 Å². The van der Waals surface area contributed by atoms with Crippen molar-refractivity contribution in [2.45, 2.75) is 0 Å². The number of carbonyl (C=O) groups excluding carboxylic acids is 2. The molecule has 0 aliphatic heterocycles. The molecule has 3 amide bonds. The second-order valence-corrected chi connectivity index (χ2v) is 5.28. The fourth-order valence-electron chi connectivity index (χ4n) is 1.94. The molecule has 0 unspecified atom stereocenters. The Balaban J connectivity index is 1.85. The SMILES string of the molecule is CN(C)C(=O)c1cc(NC(=O)NCC=Cc2ccccc2)ccn1. The largest absolute Gasteiger partial charge is 0.343 e. The maximum atomic E-state index is 11.9. The Morgan fingerprint density at radius 1 is 1.17 bits per heavy atom. The molecule has 0 atom stereocenters. The first-order chi connectivity index (χ1) is 11.6. The number of amides is 3. The number of nitrogens with zero attached hydrogens (tertiary/aromatic N) is 2. The van der Waals surface area contributed by atoms with Crippen LogP contribution >= 0.6 is 0 Å². The number of rotatable bonds is 5. The molecular weight excluding hydrogens is 304 g/mol. The Morgan fingerprint density at radius 2 is 1.92 bits per heavy atom. The van der Waals surface area contributed by atoms with E-state index in [0.717, 1.165) is 5.56 Å². The molecule has 0 fully saturated rings. The summed E-state index contributed by atoms with van der Waals surface area (Å²) >= 11 is 0. The van der Waals surface area contributed by atoms with E-state index >= 15 is 0 Å². The molecule has 1 heterocycles. The first-order valence-corrected chi connectivity index (χ1v) is 7.50. The Hall–Kier alpha value is -3.15. The highest BCUT2D eigenvalue weighted by atomic mass is 16.2. The highest BCUT2D eigenvalue weighted by Crippen LogP contribution is 2.09. The van der Waals surface area contributed by atoms with Crippen LogP contribution in [0.15, 0.2) is 54.7 Å². The third-order valence-corrected chi connectivity index (χ3v) is 3.13. The van der Waals surface area contributed by atoms with Crippen LogP contribution in [0.3, 0.4) is 0 Å². The summed E-state index contributed by atoms with van der Waals surface area (Å²) in [5.41, 5.74) is 1.86. The summed E-state index contributed by atoms with van der Waals surface area (Å²) in [7, 11) is 3.30. The second kappa shape index (κ2) is 8.47. The molecule has 0 saturated heterocycles. The van der Waals surface area contributed by atoms with Crippen molar-refractivity contribution in [3.05, 3.63) is 66.0 Å². The molecule has 24 heavy (non-hydrogen) atoms. The van der Waals surface area contributed by atoms with Crippen molar-refractivity contribution < 1.29 is 9.59 Å². The second-order valence-electron chi connectivity index (χ2n) is 5.28. The maximum Gasteiger partial charge on any atom is 0.319 e. The van der Waals surface area contributed by atoms with E-state index in [4.69, 9.17) is 0 Å². The number of nitrogens with one attached hydrogen (secondary N) is 2. The smallest absolute Gasteiger partial charge is 0.319 e. The molecule has 2 rings (SSSR count). The zero-order chi connectivity index (χ0) is 17.4. The summed E-state index contributed by atoms with van der Waals surface area (Å²) in [6, 6.07) is 12.7. The van der Waals surface area contributed by atoms with Crippen LogP contribution in [0.25, 0.3) is 6.08 Å². The van der Waals surface area contributed by atoms with E-state index in [9.17, 15) is 9.59 Å². The van der Waals surface area contributed by atoms with E-state index in [-0.39, 0.29) is 17.6 Å². The molecule has 2 aromatic rings. The molecule has 6 heteroatoms. The van der Waals surface area contributed by atoms with Crippen LogP contribution in [0.2, 0.25) is 0 Å². The van der Waals surface area contributed by atoms with E-state index in [1.54, 1.807) is 26.2 Å². The first-order valence-electron chi connectivity index (χ1n) is 7.50. The lowest BCUT2D eigenvalue weighted by molar-refractivity contribution is 0.0822. The van der Waals surface area contributed by atoms with E-state index < -0.39 is 0 Å². The van der Waals surface area contributed by atoms with Crippen LogP contribution in [-0.2, 0) is 0 Å². The molecule has 1 aromatic carbocycles. The number of aromatic nitrogens is 1. The molecule has 0 aliphatic carbocycles. The number of pyridine rings is 1. The topological polar surface area (TPSA) is 74.3 Å². The highest BCUT2D eigenvalue weighted by molar-refractivity contribution is 5.95. The van der Waals surface area contributed by atoms with Gasteiger partial charge in [-0.25, -0.2) is 4.79 Å². The zero-order valence-electron chi connectivity index (χ0n) is 13.7. The quantitative estimate of drug-likeness (QED) is 0.888. The predicted molar refractivity (Wildman–Crippen MR) is 94.8 cm³/mol. The van der Waals surface area contributed by atoms with Crippen LogP contribution in [0.5, 0.6) is 0 Å². The van der Waals surface area contributed by atoms with Crippen LogP contribution in [-0.4, -0.2) is 42.5 Å². The number of hydrogen-bond acceptors (Lipinski definition) is 3. The Morgan fingerprint density at radius 3 is 2.62 bits per heavy atom. The number of urea groups is 1. The van der Waals surface area contributed by atoms with Crippen molar-refractivity contribution in [2.75, 3.05) is 26.0 Å². The monoisotopic (exact) mass is 324 g/mol. The van der Waals surface area contributed by atoms with E-state index in [1.807, 2.05) is 42.5 Å². The Kier molecular flexibility index (Phi) is 6.08. The van der Waals surface area contributed by atoms with E-state index in [1.165, 1.54) is 11.1 Å². The van der Waals surface area contributed by atoms with E-state index in [0.29, 0.717) is 12.2 Å². The number of anilines is 1. The van der Waals surface area contributed by atoms with Crippen LogP contribution in [0, 0.1) is 0 Å². The maximum absolute atomic E-state index is 11.9. The van der Waals surface area contributed by atoms with Gasteiger partial charge >= 0.3 is 6.03 Å². The molecule has 2 N–H and O–H groups in total.